The van der Waals surface area contributed by atoms with Crippen molar-refractivity contribution in [2.75, 3.05) is 18.0 Å². The van der Waals surface area contributed by atoms with E-state index in [0.717, 1.165) is 24.8 Å². The first-order valence-electron chi connectivity index (χ1n) is 9.72. The normalized spacial score (nSPS) is 32.9. The van der Waals surface area contributed by atoms with Crippen LogP contribution >= 0.6 is 11.3 Å². The monoisotopic (exact) mass is 406 g/mol. The van der Waals surface area contributed by atoms with Crippen LogP contribution in [0.5, 0.6) is 0 Å². The molecule has 0 radical (unpaired) electrons. The number of halogens is 2. The number of H-pyrrole nitrogens is 1. The van der Waals surface area contributed by atoms with Gasteiger partial charge >= 0.3 is 0 Å². The van der Waals surface area contributed by atoms with E-state index >= 15 is 0 Å². The molecule has 2 bridgehead atoms. The fraction of sp³-hybridized carbons (Fsp3) is 0.579. The number of hydrogen-bond acceptors (Lipinski definition) is 5. The molecule has 1 saturated heterocycles. The third-order valence-corrected chi connectivity index (χ3v) is 7.76. The van der Waals surface area contributed by atoms with Crippen molar-refractivity contribution in [3.8, 4) is 10.4 Å². The number of carbonyl (C=O) groups excluding carboxylic acids is 1. The summed E-state index contributed by atoms with van der Waals surface area (Å²) in [5.41, 5.74) is 1.98. The number of ether oxygens (including phenoxy) is 1. The molecule has 28 heavy (non-hydrogen) atoms. The second-order valence-electron chi connectivity index (χ2n) is 8.36. The van der Waals surface area contributed by atoms with Gasteiger partial charge in [0, 0.05) is 35.2 Å². The van der Waals surface area contributed by atoms with Gasteiger partial charge in [-0.05, 0) is 25.2 Å². The van der Waals surface area contributed by atoms with E-state index < -0.39 is 5.92 Å². The number of hydrogen-bond donors (Lipinski definition) is 2. The number of amides is 1. The molecule has 0 spiro atoms. The van der Waals surface area contributed by atoms with Crippen LogP contribution in [0, 0.1) is 5.92 Å². The lowest BCUT2D eigenvalue weighted by atomic mass is 9.94. The number of aromatic nitrogens is 2. The van der Waals surface area contributed by atoms with Gasteiger partial charge in [0.1, 0.15) is 4.88 Å². The molecule has 2 aromatic heterocycles. The molecule has 0 aromatic carbocycles. The molecule has 1 aliphatic carbocycles. The van der Waals surface area contributed by atoms with Crippen LogP contribution in [0.15, 0.2) is 12.4 Å². The molecule has 4 atom stereocenters. The maximum atomic E-state index is 14.7. The highest BCUT2D eigenvalue weighted by atomic mass is 32.1. The lowest BCUT2D eigenvalue weighted by Crippen LogP contribution is -2.53. The molecule has 4 aliphatic rings. The summed E-state index contributed by atoms with van der Waals surface area (Å²) in [5, 5.41) is 9.78. The number of anilines is 1. The smallest absolute Gasteiger partial charge is 0.269 e. The minimum Gasteiger partial charge on any atom is -0.372 e. The van der Waals surface area contributed by atoms with Crippen LogP contribution in [-0.4, -0.2) is 53.4 Å². The molecule has 5 heterocycles. The van der Waals surface area contributed by atoms with Gasteiger partial charge in [0.2, 0.25) is 0 Å². The Labute approximate surface area is 164 Å². The molecule has 1 amide bonds. The van der Waals surface area contributed by atoms with Gasteiger partial charge < -0.3 is 15.0 Å². The van der Waals surface area contributed by atoms with Gasteiger partial charge in [-0.25, -0.2) is 8.78 Å². The minimum absolute atomic E-state index is 0.0796. The number of rotatable bonds is 2. The van der Waals surface area contributed by atoms with Crippen LogP contribution in [0.25, 0.3) is 10.4 Å². The summed E-state index contributed by atoms with van der Waals surface area (Å²) >= 11 is 1.28. The first-order valence-corrected chi connectivity index (χ1v) is 10.5. The number of aromatic amines is 1. The van der Waals surface area contributed by atoms with Gasteiger partial charge in [0.05, 0.1) is 36.7 Å². The standard InChI is InChI=1S/C19H20F2N4O2S/c20-19(21)4-12-14-17(28-16(12)10-5-22-23-6-10)18(26)24-13(7-25(14)8-19)15-9-1-2-11(3-9)27-15/h5-6,9,11,13,15H,1-4,7-8H2,(H,22,23)(H,24,26)/t9-,11+,13+,15-/m0/s1. The number of alkyl halides is 2. The van der Waals surface area contributed by atoms with Gasteiger partial charge in [-0.3, -0.25) is 9.89 Å². The summed E-state index contributed by atoms with van der Waals surface area (Å²) in [6.07, 6.45) is 6.30. The van der Waals surface area contributed by atoms with Gasteiger partial charge in [-0.15, -0.1) is 11.3 Å². The molecule has 2 N–H and O–H groups in total. The molecule has 2 fully saturated rings. The van der Waals surface area contributed by atoms with Gasteiger partial charge in [-0.1, -0.05) is 0 Å². The first-order chi connectivity index (χ1) is 13.5. The predicted molar refractivity (Wildman–Crippen MR) is 100 cm³/mol. The third kappa shape index (κ3) is 2.45. The Morgan fingerprint density at radius 3 is 2.93 bits per heavy atom. The fourth-order valence-electron chi connectivity index (χ4n) is 5.40. The predicted octanol–water partition coefficient (Wildman–Crippen LogP) is 2.82. The van der Waals surface area contributed by atoms with Crippen LogP contribution in [0.3, 0.4) is 0 Å². The van der Waals surface area contributed by atoms with Crippen molar-refractivity contribution in [2.45, 2.75) is 49.9 Å². The molecule has 9 heteroatoms. The topological polar surface area (TPSA) is 70.2 Å². The molecule has 1 saturated carbocycles. The zero-order valence-electron chi connectivity index (χ0n) is 15.1. The number of carbonyl (C=O) groups is 1. The molecule has 6 nitrogen and oxygen atoms in total. The SMILES string of the molecule is O=C1N[C@@H]([C@H]2O[C@@H]3CC[C@H]2C3)CN2CC(F)(F)Cc3c(-c4cn[nH]c4)sc1c32. The quantitative estimate of drug-likeness (QED) is 0.805. The Bertz CT molecular complexity index is 944. The van der Waals surface area contributed by atoms with E-state index in [0.29, 0.717) is 33.5 Å². The summed E-state index contributed by atoms with van der Waals surface area (Å²) in [5.74, 6) is -2.60. The van der Waals surface area contributed by atoms with Crippen LogP contribution in [0.4, 0.5) is 14.5 Å². The summed E-state index contributed by atoms with van der Waals surface area (Å²) in [6, 6.07) is -0.262. The Morgan fingerprint density at radius 2 is 2.21 bits per heavy atom. The molecule has 148 valence electrons. The molecule has 3 aliphatic heterocycles. The fourth-order valence-corrected chi connectivity index (χ4v) is 6.63. The average molecular weight is 406 g/mol. The van der Waals surface area contributed by atoms with Crippen LogP contribution in [-0.2, 0) is 11.2 Å². The van der Waals surface area contributed by atoms with Crippen molar-refractivity contribution < 1.29 is 18.3 Å². The highest BCUT2D eigenvalue weighted by Gasteiger charge is 2.49. The Hall–Kier alpha value is -2.00. The average Bonchev–Trinajstić information content (AvgIpc) is 3.41. The molecular weight excluding hydrogens is 386 g/mol. The Kier molecular flexibility index (Phi) is 3.48. The van der Waals surface area contributed by atoms with Crippen LogP contribution in [0.1, 0.15) is 34.5 Å². The Balaban J connectivity index is 1.42. The van der Waals surface area contributed by atoms with Crippen molar-refractivity contribution in [3.63, 3.8) is 0 Å². The number of thiophene rings is 1. The summed E-state index contributed by atoms with van der Waals surface area (Å²) < 4.78 is 35.4. The molecule has 0 unspecified atom stereocenters. The van der Waals surface area contributed by atoms with Crippen molar-refractivity contribution in [1.82, 2.24) is 15.5 Å². The number of fused-ring (bicyclic) bond motifs is 2. The molecule has 6 rings (SSSR count). The van der Waals surface area contributed by atoms with Crippen molar-refractivity contribution >= 4 is 22.9 Å². The minimum atomic E-state index is -2.84. The first kappa shape index (κ1) is 16.9. The maximum absolute atomic E-state index is 14.7. The summed E-state index contributed by atoms with van der Waals surface area (Å²) in [6.45, 7) is -0.00237. The van der Waals surface area contributed by atoms with Crippen LogP contribution < -0.4 is 10.2 Å². The van der Waals surface area contributed by atoms with Crippen molar-refractivity contribution in [1.29, 1.82) is 0 Å². The third-order valence-electron chi connectivity index (χ3n) is 6.49. The number of nitrogens with one attached hydrogen (secondary N) is 2. The van der Waals surface area contributed by atoms with E-state index in [1.165, 1.54) is 11.3 Å². The molecule has 2 aromatic rings. The Morgan fingerprint density at radius 1 is 1.32 bits per heavy atom. The van der Waals surface area contributed by atoms with E-state index in [1.807, 2.05) is 0 Å². The van der Waals surface area contributed by atoms with Crippen molar-refractivity contribution in [3.05, 3.63) is 22.8 Å². The highest BCUT2D eigenvalue weighted by Crippen LogP contribution is 2.49. The molecular formula is C19H20F2N4O2S. The zero-order chi connectivity index (χ0) is 19.0. The largest absolute Gasteiger partial charge is 0.372 e. The highest BCUT2D eigenvalue weighted by molar-refractivity contribution is 7.18. The van der Waals surface area contributed by atoms with Gasteiger partial charge in [0.15, 0.2) is 0 Å². The van der Waals surface area contributed by atoms with E-state index in [1.54, 1.807) is 17.3 Å². The second kappa shape index (κ2) is 5.76. The lowest BCUT2D eigenvalue weighted by molar-refractivity contribution is -0.0187. The van der Waals surface area contributed by atoms with Crippen molar-refractivity contribution in [2.24, 2.45) is 5.92 Å². The summed E-state index contributed by atoms with van der Waals surface area (Å²) in [4.78, 5) is 16.0. The summed E-state index contributed by atoms with van der Waals surface area (Å²) in [7, 11) is 0. The maximum Gasteiger partial charge on any atom is 0.269 e. The van der Waals surface area contributed by atoms with E-state index in [4.69, 9.17) is 4.74 Å². The van der Waals surface area contributed by atoms with E-state index in [2.05, 4.69) is 15.5 Å². The second-order valence-corrected chi connectivity index (χ2v) is 9.38. The van der Waals surface area contributed by atoms with Gasteiger partial charge in [0.25, 0.3) is 11.8 Å². The van der Waals surface area contributed by atoms with Gasteiger partial charge in [-0.2, -0.15) is 5.10 Å². The lowest BCUT2D eigenvalue weighted by Gasteiger charge is -2.38. The zero-order valence-corrected chi connectivity index (χ0v) is 15.9. The number of nitrogens with zero attached hydrogens (tertiary/aromatic N) is 2. The van der Waals surface area contributed by atoms with Crippen LogP contribution in [0.2, 0.25) is 0 Å². The van der Waals surface area contributed by atoms with E-state index in [-0.39, 0.29) is 37.1 Å². The van der Waals surface area contributed by atoms with E-state index in [9.17, 15) is 13.6 Å².